The molecule has 1 atom stereocenters. The van der Waals surface area contributed by atoms with E-state index in [1.54, 1.807) is 4.90 Å². The predicted octanol–water partition coefficient (Wildman–Crippen LogP) is 1.82. The van der Waals surface area contributed by atoms with Crippen LogP contribution >= 0.6 is 0 Å². The molecular formula is C12H17N3O. The number of benzene rings is 1. The molecule has 1 saturated heterocycles. The summed E-state index contributed by atoms with van der Waals surface area (Å²) in [6.07, 6.45) is 0. The Kier molecular flexibility index (Phi) is 2.73. The molecule has 0 radical (unpaired) electrons. The number of nitrogen functional groups attached to an aromatic ring is 1. The molecule has 0 saturated carbocycles. The number of amides is 2. The summed E-state index contributed by atoms with van der Waals surface area (Å²) in [7, 11) is 0. The highest BCUT2D eigenvalue weighted by atomic mass is 16.2. The minimum absolute atomic E-state index is 0.0246. The van der Waals surface area contributed by atoms with Crippen molar-refractivity contribution in [2.24, 2.45) is 5.92 Å². The maximum absolute atomic E-state index is 11.8. The third kappa shape index (κ3) is 1.96. The quantitative estimate of drug-likeness (QED) is 0.745. The minimum Gasteiger partial charge on any atom is -0.399 e. The van der Waals surface area contributed by atoms with Gasteiger partial charge in [-0.1, -0.05) is 13.8 Å². The molecule has 1 fully saturated rings. The zero-order chi connectivity index (χ0) is 11.7. The van der Waals surface area contributed by atoms with Crippen molar-refractivity contribution in [2.45, 2.75) is 19.9 Å². The van der Waals surface area contributed by atoms with Crippen LogP contribution in [0.1, 0.15) is 13.8 Å². The molecule has 86 valence electrons. The Morgan fingerprint density at radius 2 is 2.00 bits per heavy atom. The summed E-state index contributed by atoms with van der Waals surface area (Å²) < 4.78 is 0. The first-order chi connectivity index (χ1) is 7.58. The molecule has 0 aliphatic carbocycles. The Hall–Kier alpha value is -1.71. The summed E-state index contributed by atoms with van der Waals surface area (Å²) in [5, 5.41) is 2.97. The van der Waals surface area contributed by atoms with Gasteiger partial charge < -0.3 is 11.1 Å². The molecule has 0 bridgehead atoms. The zero-order valence-electron chi connectivity index (χ0n) is 9.60. The molecule has 1 unspecified atom stereocenters. The summed E-state index contributed by atoms with van der Waals surface area (Å²) in [5.74, 6) is 0.447. The van der Waals surface area contributed by atoms with Crippen molar-refractivity contribution in [1.82, 2.24) is 5.32 Å². The topological polar surface area (TPSA) is 58.4 Å². The molecule has 16 heavy (non-hydrogen) atoms. The average molecular weight is 219 g/mol. The van der Waals surface area contributed by atoms with Crippen molar-refractivity contribution in [3.05, 3.63) is 24.3 Å². The largest absolute Gasteiger partial charge is 0.399 e. The van der Waals surface area contributed by atoms with E-state index in [1.165, 1.54) is 0 Å². The van der Waals surface area contributed by atoms with Crippen molar-refractivity contribution >= 4 is 17.4 Å². The van der Waals surface area contributed by atoms with Crippen molar-refractivity contribution in [2.75, 3.05) is 17.2 Å². The molecule has 4 nitrogen and oxygen atoms in total. The van der Waals surface area contributed by atoms with Crippen LogP contribution in [0.15, 0.2) is 24.3 Å². The number of hydrogen-bond donors (Lipinski definition) is 2. The molecule has 2 rings (SSSR count). The van der Waals surface area contributed by atoms with Gasteiger partial charge in [-0.15, -0.1) is 0 Å². The predicted molar refractivity (Wildman–Crippen MR) is 65.4 cm³/mol. The van der Waals surface area contributed by atoms with Crippen molar-refractivity contribution < 1.29 is 4.79 Å². The summed E-state index contributed by atoms with van der Waals surface area (Å²) in [5.41, 5.74) is 7.23. The number of hydrogen-bond acceptors (Lipinski definition) is 2. The second-order valence-electron chi connectivity index (χ2n) is 4.50. The fourth-order valence-corrected chi connectivity index (χ4v) is 1.82. The maximum atomic E-state index is 11.8. The van der Waals surface area contributed by atoms with E-state index >= 15 is 0 Å². The number of nitrogens with zero attached hydrogens (tertiary/aromatic N) is 1. The van der Waals surface area contributed by atoms with E-state index in [4.69, 9.17) is 5.73 Å². The van der Waals surface area contributed by atoms with Gasteiger partial charge in [-0.25, -0.2) is 4.79 Å². The number of rotatable bonds is 2. The van der Waals surface area contributed by atoms with Crippen molar-refractivity contribution in [3.8, 4) is 0 Å². The second-order valence-corrected chi connectivity index (χ2v) is 4.50. The number of carbonyl (C=O) groups is 1. The number of nitrogens with one attached hydrogen (secondary N) is 1. The summed E-state index contributed by atoms with van der Waals surface area (Å²) in [4.78, 5) is 13.5. The van der Waals surface area contributed by atoms with E-state index in [2.05, 4.69) is 19.2 Å². The number of carbonyl (C=O) groups excluding carboxylic acids is 1. The van der Waals surface area contributed by atoms with Crippen LogP contribution in [0, 0.1) is 5.92 Å². The maximum Gasteiger partial charge on any atom is 0.322 e. The van der Waals surface area contributed by atoms with Gasteiger partial charge in [0.2, 0.25) is 0 Å². The first kappa shape index (κ1) is 10.8. The van der Waals surface area contributed by atoms with Crippen LogP contribution in [0.4, 0.5) is 16.2 Å². The Labute approximate surface area is 95.4 Å². The Morgan fingerprint density at radius 3 is 2.50 bits per heavy atom. The molecule has 3 N–H and O–H groups in total. The van der Waals surface area contributed by atoms with Crippen LogP contribution < -0.4 is 16.0 Å². The van der Waals surface area contributed by atoms with Gasteiger partial charge in [0.1, 0.15) is 0 Å². The Bertz CT molecular complexity index is 386. The van der Waals surface area contributed by atoms with Gasteiger partial charge in [-0.3, -0.25) is 4.90 Å². The first-order valence-electron chi connectivity index (χ1n) is 5.51. The molecule has 0 spiro atoms. The number of anilines is 2. The highest BCUT2D eigenvalue weighted by Gasteiger charge is 2.31. The van der Waals surface area contributed by atoms with Gasteiger partial charge in [-0.05, 0) is 30.2 Å². The third-order valence-electron chi connectivity index (χ3n) is 2.94. The molecule has 1 aliphatic rings. The Balaban J connectivity index is 2.16. The van der Waals surface area contributed by atoms with E-state index in [0.717, 1.165) is 12.2 Å². The van der Waals surface area contributed by atoms with E-state index in [0.29, 0.717) is 11.6 Å². The zero-order valence-corrected chi connectivity index (χ0v) is 9.60. The molecule has 0 aromatic heterocycles. The van der Waals surface area contributed by atoms with Crippen LogP contribution in [0.3, 0.4) is 0 Å². The van der Waals surface area contributed by atoms with E-state index in [9.17, 15) is 4.79 Å². The van der Waals surface area contributed by atoms with E-state index < -0.39 is 0 Å². The van der Waals surface area contributed by atoms with Gasteiger partial charge in [-0.2, -0.15) is 0 Å². The van der Waals surface area contributed by atoms with Gasteiger partial charge >= 0.3 is 6.03 Å². The number of urea groups is 1. The number of nitrogens with two attached hydrogens (primary N) is 1. The lowest BCUT2D eigenvalue weighted by molar-refractivity contribution is 0.249. The lowest BCUT2D eigenvalue weighted by Crippen LogP contribution is -2.31. The second kappa shape index (κ2) is 4.04. The average Bonchev–Trinajstić information content (AvgIpc) is 2.62. The SMILES string of the molecule is CC(C)C1CN(c2ccc(N)cc2)C(=O)N1. The lowest BCUT2D eigenvalue weighted by Gasteiger charge is -2.16. The van der Waals surface area contributed by atoms with Crippen LogP contribution in [0.2, 0.25) is 0 Å². The standard InChI is InChI=1S/C12H17N3O/c1-8(2)11-7-15(12(16)14-11)10-5-3-9(13)4-6-10/h3-6,8,11H,7,13H2,1-2H3,(H,14,16). The molecule has 4 heteroatoms. The fraction of sp³-hybridized carbons (Fsp3) is 0.417. The minimum atomic E-state index is -0.0246. The van der Waals surface area contributed by atoms with Gasteiger partial charge in [0.25, 0.3) is 0 Å². The molecular weight excluding hydrogens is 202 g/mol. The van der Waals surface area contributed by atoms with Gasteiger partial charge in [0, 0.05) is 17.9 Å². The van der Waals surface area contributed by atoms with E-state index in [-0.39, 0.29) is 12.1 Å². The summed E-state index contributed by atoms with van der Waals surface area (Å²) >= 11 is 0. The smallest absolute Gasteiger partial charge is 0.322 e. The van der Waals surface area contributed by atoms with Crippen LogP contribution in [-0.4, -0.2) is 18.6 Å². The third-order valence-corrected chi connectivity index (χ3v) is 2.94. The fourth-order valence-electron chi connectivity index (χ4n) is 1.82. The highest BCUT2D eigenvalue weighted by molar-refractivity contribution is 5.94. The monoisotopic (exact) mass is 219 g/mol. The van der Waals surface area contributed by atoms with Crippen LogP contribution in [-0.2, 0) is 0 Å². The van der Waals surface area contributed by atoms with Gasteiger partial charge in [0.05, 0.1) is 6.04 Å². The van der Waals surface area contributed by atoms with Crippen molar-refractivity contribution in [3.63, 3.8) is 0 Å². The van der Waals surface area contributed by atoms with Crippen LogP contribution in [0.25, 0.3) is 0 Å². The highest BCUT2D eigenvalue weighted by Crippen LogP contribution is 2.21. The van der Waals surface area contributed by atoms with E-state index in [1.807, 2.05) is 24.3 Å². The molecule has 1 aliphatic heterocycles. The normalized spacial score (nSPS) is 20.3. The molecule has 1 aromatic rings. The molecule has 1 heterocycles. The summed E-state index contributed by atoms with van der Waals surface area (Å²) in [6, 6.07) is 7.57. The van der Waals surface area contributed by atoms with Crippen molar-refractivity contribution in [1.29, 1.82) is 0 Å². The van der Waals surface area contributed by atoms with Gasteiger partial charge in [0.15, 0.2) is 0 Å². The summed E-state index contributed by atoms with van der Waals surface area (Å²) in [6.45, 7) is 4.94. The van der Waals surface area contributed by atoms with Crippen LogP contribution in [0.5, 0.6) is 0 Å². The molecule has 1 aromatic carbocycles. The lowest BCUT2D eigenvalue weighted by atomic mass is 10.1. The first-order valence-corrected chi connectivity index (χ1v) is 5.51. The Morgan fingerprint density at radius 1 is 1.38 bits per heavy atom. The molecule has 2 amide bonds.